The summed E-state index contributed by atoms with van der Waals surface area (Å²) in [7, 11) is 4.31. The maximum absolute atomic E-state index is 13.2. The molecule has 0 unspecified atom stereocenters. The second kappa shape index (κ2) is 11.0. The van der Waals surface area contributed by atoms with E-state index in [0.29, 0.717) is 17.1 Å². The molecule has 0 aliphatic carbocycles. The second-order valence-electron chi connectivity index (χ2n) is 7.03. The summed E-state index contributed by atoms with van der Waals surface area (Å²) in [4.78, 5) is 25.0. The van der Waals surface area contributed by atoms with Gasteiger partial charge < -0.3 is 24.3 Å². The van der Waals surface area contributed by atoms with Gasteiger partial charge in [-0.2, -0.15) is 13.2 Å². The molecule has 1 amide bonds. The third-order valence-electron chi connectivity index (χ3n) is 4.76. The van der Waals surface area contributed by atoms with Gasteiger partial charge in [0, 0.05) is 12.7 Å². The van der Waals surface area contributed by atoms with Gasteiger partial charge >= 0.3 is 11.9 Å². The van der Waals surface area contributed by atoms with E-state index in [4.69, 9.17) is 23.5 Å². The minimum absolute atomic E-state index is 0.00109. The van der Waals surface area contributed by atoms with Crippen LogP contribution in [0.1, 0.15) is 5.56 Å². The fourth-order valence-electron chi connectivity index (χ4n) is 3.09. The first-order valence-electron chi connectivity index (χ1n) is 10.1. The lowest BCUT2D eigenvalue weighted by Crippen LogP contribution is -2.26. The Morgan fingerprint density at radius 1 is 1.03 bits per heavy atom. The normalized spacial score (nSPS) is 11.3. The van der Waals surface area contributed by atoms with Crippen LogP contribution in [0.5, 0.6) is 17.2 Å². The molecule has 0 atom stereocenters. The molecule has 0 saturated carbocycles. The number of nitrogens with zero attached hydrogens (tertiary/aromatic N) is 2. The second-order valence-corrected chi connectivity index (χ2v) is 7.03. The van der Waals surface area contributed by atoms with Gasteiger partial charge in [-0.1, -0.05) is 5.16 Å². The van der Waals surface area contributed by atoms with E-state index in [9.17, 15) is 22.8 Å². The van der Waals surface area contributed by atoms with E-state index < -0.39 is 29.9 Å². The van der Waals surface area contributed by atoms with Crippen molar-refractivity contribution in [2.75, 3.05) is 39.9 Å². The molecule has 1 heterocycles. The molecule has 0 bridgehead atoms. The fraction of sp³-hybridized carbons (Fsp3) is 0.318. The lowest BCUT2D eigenvalue weighted by molar-refractivity contribution is -0.137. The number of rotatable bonds is 10. The summed E-state index contributed by atoms with van der Waals surface area (Å²) in [5.41, 5.74) is -0.831. The lowest BCUT2D eigenvalue weighted by atomic mass is 10.1. The molecule has 35 heavy (non-hydrogen) atoms. The first-order chi connectivity index (χ1) is 16.7. The van der Waals surface area contributed by atoms with Gasteiger partial charge in [-0.15, -0.1) is 0 Å². The SMILES string of the molecule is COCCOc1ccc(C(F)(F)F)cc1NC(=O)Cn1c(-c2ccc(OC)c(OC)c2)noc1=O. The van der Waals surface area contributed by atoms with Crippen molar-refractivity contribution >= 4 is 11.6 Å². The van der Waals surface area contributed by atoms with Crippen LogP contribution in [0.2, 0.25) is 0 Å². The van der Waals surface area contributed by atoms with Gasteiger partial charge in [-0.25, -0.2) is 9.36 Å². The summed E-state index contributed by atoms with van der Waals surface area (Å²) < 4.78 is 65.9. The summed E-state index contributed by atoms with van der Waals surface area (Å²) in [6.45, 7) is -0.377. The first kappa shape index (κ1) is 25.6. The predicted molar refractivity (Wildman–Crippen MR) is 117 cm³/mol. The minimum atomic E-state index is -4.64. The van der Waals surface area contributed by atoms with Crippen LogP contribution in [-0.2, 0) is 22.3 Å². The molecule has 2 aromatic carbocycles. The Morgan fingerprint density at radius 3 is 2.40 bits per heavy atom. The van der Waals surface area contributed by atoms with Crippen LogP contribution in [0.3, 0.4) is 0 Å². The van der Waals surface area contributed by atoms with Crippen molar-refractivity contribution in [1.29, 1.82) is 0 Å². The standard InChI is InChI=1S/C22H22F3N3O7/c1-31-8-9-34-16-7-5-14(22(23,24)25)11-15(16)26-19(29)12-28-20(27-35-21(28)30)13-4-6-17(32-2)18(10-13)33-3/h4-7,10-11H,8-9,12H2,1-3H3,(H,26,29). The number of hydrogen-bond donors (Lipinski definition) is 1. The van der Waals surface area contributed by atoms with Crippen LogP contribution in [0.15, 0.2) is 45.7 Å². The van der Waals surface area contributed by atoms with Gasteiger partial charge in [-0.3, -0.25) is 9.32 Å². The van der Waals surface area contributed by atoms with E-state index in [1.165, 1.54) is 27.4 Å². The molecule has 0 saturated heterocycles. The predicted octanol–water partition coefficient (Wildman–Crippen LogP) is 3.20. The summed E-state index contributed by atoms with van der Waals surface area (Å²) in [6.07, 6.45) is -4.64. The van der Waals surface area contributed by atoms with E-state index in [-0.39, 0.29) is 30.5 Å². The number of carbonyl (C=O) groups is 1. The zero-order valence-electron chi connectivity index (χ0n) is 19.0. The molecular formula is C22H22F3N3O7. The van der Waals surface area contributed by atoms with Gasteiger partial charge in [0.15, 0.2) is 17.3 Å². The Kier molecular flexibility index (Phi) is 8.02. The third-order valence-corrected chi connectivity index (χ3v) is 4.76. The van der Waals surface area contributed by atoms with Gasteiger partial charge in [0.2, 0.25) is 5.91 Å². The fourth-order valence-corrected chi connectivity index (χ4v) is 3.09. The monoisotopic (exact) mass is 497 g/mol. The van der Waals surface area contributed by atoms with Gasteiger partial charge in [0.1, 0.15) is 18.9 Å². The van der Waals surface area contributed by atoms with Crippen LogP contribution < -0.4 is 25.3 Å². The number of amides is 1. The van der Waals surface area contributed by atoms with E-state index in [0.717, 1.165) is 22.8 Å². The van der Waals surface area contributed by atoms with E-state index in [1.54, 1.807) is 12.1 Å². The lowest BCUT2D eigenvalue weighted by Gasteiger charge is -2.15. The third kappa shape index (κ3) is 6.12. The molecule has 3 rings (SSSR count). The van der Waals surface area contributed by atoms with Crippen LogP contribution in [0.25, 0.3) is 11.4 Å². The highest BCUT2D eigenvalue weighted by molar-refractivity contribution is 5.92. The Hall–Kier alpha value is -4.00. The number of nitrogens with one attached hydrogen (secondary N) is 1. The summed E-state index contributed by atoms with van der Waals surface area (Å²) in [5, 5.41) is 6.06. The molecule has 0 radical (unpaired) electrons. The molecule has 0 aliphatic rings. The largest absolute Gasteiger partial charge is 0.493 e. The quantitative estimate of drug-likeness (QED) is 0.425. The number of halogens is 3. The van der Waals surface area contributed by atoms with Crippen LogP contribution in [0, 0.1) is 0 Å². The van der Waals surface area contributed by atoms with E-state index >= 15 is 0 Å². The molecule has 188 valence electrons. The van der Waals surface area contributed by atoms with Gasteiger partial charge in [0.05, 0.1) is 32.1 Å². The molecule has 0 fully saturated rings. The van der Waals surface area contributed by atoms with Crippen molar-refractivity contribution in [1.82, 2.24) is 9.72 Å². The molecule has 3 aromatic rings. The van der Waals surface area contributed by atoms with Crippen molar-refractivity contribution in [3.05, 3.63) is 52.5 Å². The van der Waals surface area contributed by atoms with Crippen LogP contribution in [-0.4, -0.2) is 50.2 Å². The van der Waals surface area contributed by atoms with Gasteiger partial charge in [0.25, 0.3) is 0 Å². The van der Waals surface area contributed by atoms with Crippen molar-refractivity contribution < 1.29 is 41.4 Å². The molecule has 0 spiro atoms. The highest BCUT2D eigenvalue weighted by Gasteiger charge is 2.31. The molecule has 1 aromatic heterocycles. The number of anilines is 1. The summed E-state index contributed by atoms with van der Waals surface area (Å²) >= 11 is 0. The Bertz CT molecular complexity index is 1240. The first-order valence-corrected chi connectivity index (χ1v) is 10.1. The van der Waals surface area contributed by atoms with Crippen molar-refractivity contribution in [3.63, 3.8) is 0 Å². The van der Waals surface area contributed by atoms with Crippen molar-refractivity contribution in [2.45, 2.75) is 12.7 Å². The van der Waals surface area contributed by atoms with Crippen LogP contribution >= 0.6 is 0 Å². The minimum Gasteiger partial charge on any atom is -0.493 e. The van der Waals surface area contributed by atoms with Crippen molar-refractivity contribution in [3.8, 4) is 28.6 Å². The van der Waals surface area contributed by atoms with Crippen molar-refractivity contribution in [2.24, 2.45) is 0 Å². The number of carbonyl (C=O) groups excluding carboxylic acids is 1. The average Bonchev–Trinajstić information content (AvgIpc) is 3.18. The number of methoxy groups -OCH3 is 3. The molecule has 0 aliphatic heterocycles. The Morgan fingerprint density at radius 2 is 1.74 bits per heavy atom. The highest BCUT2D eigenvalue weighted by atomic mass is 19.4. The average molecular weight is 497 g/mol. The summed E-state index contributed by atoms with van der Waals surface area (Å²) in [5.74, 6) is -0.971. The number of hydrogen-bond acceptors (Lipinski definition) is 8. The zero-order valence-corrected chi connectivity index (χ0v) is 19.0. The molecular weight excluding hydrogens is 475 g/mol. The van der Waals surface area contributed by atoms with Crippen LogP contribution in [0.4, 0.5) is 18.9 Å². The number of aromatic nitrogens is 2. The summed E-state index contributed by atoms with van der Waals surface area (Å²) in [6, 6.07) is 7.34. The van der Waals surface area contributed by atoms with E-state index in [1.807, 2.05) is 0 Å². The van der Waals surface area contributed by atoms with Gasteiger partial charge in [-0.05, 0) is 36.4 Å². The Labute approximate surface area is 197 Å². The highest BCUT2D eigenvalue weighted by Crippen LogP contribution is 2.35. The smallest absolute Gasteiger partial charge is 0.442 e. The number of benzene rings is 2. The Balaban J connectivity index is 1.88. The maximum atomic E-state index is 13.2. The number of ether oxygens (including phenoxy) is 4. The van der Waals surface area contributed by atoms with E-state index in [2.05, 4.69) is 10.5 Å². The molecule has 10 nitrogen and oxygen atoms in total. The molecule has 13 heteroatoms. The zero-order chi connectivity index (χ0) is 25.6. The molecule has 1 N–H and O–H groups in total. The maximum Gasteiger partial charge on any atom is 0.442 e. The topological polar surface area (TPSA) is 114 Å². The number of alkyl halides is 3.